The number of allylic oxidation sites excluding steroid dienone is 2. The number of amides is 1. The van der Waals surface area contributed by atoms with Crippen molar-refractivity contribution in [2.45, 2.75) is 275 Å². The molecule has 3 fully saturated rings. The third kappa shape index (κ3) is 25.7. The minimum absolute atomic E-state index is 0.0613. The van der Waals surface area contributed by atoms with E-state index in [-0.39, 0.29) is 19.6 Å². The van der Waals surface area contributed by atoms with Crippen LogP contribution in [0.5, 0.6) is 0 Å². The number of carbonyl (C=O) groups is 1. The molecular weight excluding hydrogens is 819 g/mol. The Balaban J connectivity index is 1.34. The standard InChI is InChI=1S/C55H101NO9/c1-4-7-9-11-13-15-20-26-32-43-39-45(43)34-28-22-17-18-24-31-37-49(59)54(62)56-47(42-64-55-53(63-38-6-3)52(61)51(60)50(41-57)65-55)48(58)36-30-25-19-23-29-35-46-40-44(46)33-27-21-16-14-12-10-8-5-2/h6,18,24,43-53,55,57-61H,3-5,7-17,19-23,25-42H2,1-2H3,(H,56,62)/b24-18-/t43-,44-,45+,46+,47-,48+,49+,50+,51-,52-,53+,55+/m0/s1. The summed E-state index contributed by atoms with van der Waals surface area (Å²) in [5, 5.41) is 56.1. The molecule has 3 aliphatic rings. The second kappa shape index (κ2) is 36.6. The maximum Gasteiger partial charge on any atom is 0.249 e. The Hall–Kier alpha value is -1.37. The van der Waals surface area contributed by atoms with Crippen molar-refractivity contribution in [3.8, 4) is 0 Å². The van der Waals surface area contributed by atoms with Gasteiger partial charge in [0.05, 0.1) is 32.0 Å². The number of unbranched alkanes of at least 4 members (excludes halogenated alkanes) is 20. The molecule has 1 heterocycles. The van der Waals surface area contributed by atoms with Crippen LogP contribution < -0.4 is 5.32 Å². The summed E-state index contributed by atoms with van der Waals surface area (Å²) >= 11 is 0. The molecule has 1 amide bonds. The lowest BCUT2D eigenvalue weighted by molar-refractivity contribution is -0.310. The Bertz CT molecular complexity index is 1200. The quantitative estimate of drug-likeness (QED) is 0.0258. The molecule has 0 spiro atoms. The summed E-state index contributed by atoms with van der Waals surface area (Å²) in [5.74, 6) is 3.20. The largest absolute Gasteiger partial charge is 0.394 e. The number of nitrogens with one attached hydrogen (secondary N) is 1. The van der Waals surface area contributed by atoms with Gasteiger partial charge in [-0.25, -0.2) is 0 Å². The number of carbonyl (C=O) groups excluding carboxylic acids is 1. The molecule has 0 aromatic rings. The summed E-state index contributed by atoms with van der Waals surface area (Å²) < 4.78 is 17.5. The van der Waals surface area contributed by atoms with Gasteiger partial charge in [0.15, 0.2) is 6.29 Å². The van der Waals surface area contributed by atoms with Crippen LogP contribution in [0.25, 0.3) is 0 Å². The number of hydrogen-bond donors (Lipinski definition) is 6. The van der Waals surface area contributed by atoms with E-state index >= 15 is 0 Å². The number of ether oxygens (including phenoxy) is 3. The van der Waals surface area contributed by atoms with Gasteiger partial charge in [-0.05, 0) is 68.6 Å². The van der Waals surface area contributed by atoms with Crippen molar-refractivity contribution in [1.29, 1.82) is 0 Å². The Labute approximate surface area is 397 Å². The van der Waals surface area contributed by atoms with E-state index in [2.05, 4.69) is 37.9 Å². The molecule has 3 rings (SSSR count). The van der Waals surface area contributed by atoms with Gasteiger partial charge in [-0.1, -0.05) is 199 Å². The highest BCUT2D eigenvalue weighted by molar-refractivity contribution is 5.80. The predicted octanol–water partition coefficient (Wildman–Crippen LogP) is 11.2. The summed E-state index contributed by atoms with van der Waals surface area (Å²) in [6.07, 6.45) is 37.9. The summed E-state index contributed by atoms with van der Waals surface area (Å²) in [4.78, 5) is 13.3. The highest BCUT2D eigenvalue weighted by Crippen LogP contribution is 2.46. The number of hydrogen-bond acceptors (Lipinski definition) is 9. The molecule has 0 bridgehead atoms. The van der Waals surface area contributed by atoms with E-state index in [1.165, 1.54) is 173 Å². The highest BCUT2D eigenvalue weighted by Gasteiger charge is 2.46. The molecule has 0 aromatic heterocycles. The Morgan fingerprint density at radius 1 is 0.646 bits per heavy atom. The fourth-order valence-corrected chi connectivity index (χ4v) is 10.2. The SMILES string of the molecule is C=CCO[C@H]1[C@H](OC[C@H](NC(=O)[C@H](O)CC/C=C\CCCC[C@@H]2C[C@@H]2CCCCCCCCCC)[C@H](O)CCCCCCC[C@@H]2C[C@@H]2CCCCCCCCCC)O[C@H](CO)[C@H](O)[C@@H]1O. The molecule has 12 atom stereocenters. The van der Waals surface area contributed by atoms with Crippen LogP contribution in [0.2, 0.25) is 0 Å². The zero-order valence-corrected chi connectivity index (χ0v) is 41.7. The average Bonchev–Trinajstić information content (AvgIpc) is 4.24. The smallest absolute Gasteiger partial charge is 0.249 e. The van der Waals surface area contributed by atoms with Crippen molar-refractivity contribution >= 4 is 5.91 Å². The van der Waals surface area contributed by atoms with Crippen LogP contribution in [0.15, 0.2) is 24.8 Å². The van der Waals surface area contributed by atoms with E-state index in [9.17, 15) is 30.3 Å². The number of rotatable bonds is 44. The summed E-state index contributed by atoms with van der Waals surface area (Å²) in [5.41, 5.74) is 0. The average molecular weight is 920 g/mol. The van der Waals surface area contributed by atoms with Crippen molar-refractivity contribution in [3.05, 3.63) is 24.8 Å². The van der Waals surface area contributed by atoms with Crippen LogP contribution in [-0.4, -0.2) is 100 Å². The van der Waals surface area contributed by atoms with Gasteiger partial charge in [0.1, 0.15) is 30.5 Å². The molecule has 10 heteroatoms. The van der Waals surface area contributed by atoms with Crippen molar-refractivity contribution in [2.24, 2.45) is 23.7 Å². The Morgan fingerprint density at radius 2 is 1.12 bits per heavy atom. The summed E-state index contributed by atoms with van der Waals surface area (Å²) in [6.45, 7) is 7.53. The molecule has 0 unspecified atom stereocenters. The Kier molecular flexibility index (Phi) is 32.6. The fraction of sp³-hybridized carbons (Fsp3) is 0.909. The van der Waals surface area contributed by atoms with Crippen molar-refractivity contribution < 1.29 is 44.5 Å². The van der Waals surface area contributed by atoms with E-state index in [0.29, 0.717) is 12.8 Å². The van der Waals surface area contributed by atoms with E-state index in [0.717, 1.165) is 49.4 Å². The normalized spacial score (nSPS) is 26.6. The van der Waals surface area contributed by atoms with E-state index in [1.54, 1.807) is 0 Å². The lowest BCUT2D eigenvalue weighted by atomic mass is 9.99. The van der Waals surface area contributed by atoms with E-state index in [4.69, 9.17) is 14.2 Å². The minimum Gasteiger partial charge on any atom is -0.394 e. The van der Waals surface area contributed by atoms with Gasteiger partial charge in [0.2, 0.25) is 5.91 Å². The second-order valence-corrected chi connectivity index (χ2v) is 20.5. The van der Waals surface area contributed by atoms with Gasteiger partial charge in [0.25, 0.3) is 0 Å². The number of aliphatic hydroxyl groups is 5. The topological polar surface area (TPSA) is 158 Å². The Morgan fingerprint density at radius 3 is 1.63 bits per heavy atom. The molecule has 65 heavy (non-hydrogen) atoms. The molecule has 0 radical (unpaired) electrons. The van der Waals surface area contributed by atoms with Crippen molar-refractivity contribution in [2.75, 3.05) is 19.8 Å². The van der Waals surface area contributed by atoms with Crippen LogP contribution >= 0.6 is 0 Å². The van der Waals surface area contributed by atoms with Crippen LogP contribution in [0.4, 0.5) is 0 Å². The molecule has 6 N–H and O–H groups in total. The molecule has 0 aromatic carbocycles. The lowest BCUT2D eigenvalue weighted by Gasteiger charge is -2.42. The predicted molar refractivity (Wildman–Crippen MR) is 264 cm³/mol. The van der Waals surface area contributed by atoms with Crippen LogP contribution in [0.3, 0.4) is 0 Å². The van der Waals surface area contributed by atoms with Gasteiger partial charge < -0.3 is 45.1 Å². The molecule has 380 valence electrons. The maximum absolute atomic E-state index is 13.3. The third-order valence-electron chi connectivity index (χ3n) is 14.8. The van der Waals surface area contributed by atoms with Crippen molar-refractivity contribution in [1.82, 2.24) is 5.32 Å². The molecule has 2 aliphatic carbocycles. The first-order valence-electron chi connectivity index (χ1n) is 27.5. The molecule has 10 nitrogen and oxygen atoms in total. The van der Waals surface area contributed by atoms with Crippen LogP contribution in [-0.2, 0) is 19.0 Å². The van der Waals surface area contributed by atoms with Gasteiger partial charge in [-0.15, -0.1) is 6.58 Å². The van der Waals surface area contributed by atoms with Crippen LogP contribution in [0, 0.1) is 23.7 Å². The zero-order valence-electron chi connectivity index (χ0n) is 41.7. The zero-order chi connectivity index (χ0) is 46.9. The van der Waals surface area contributed by atoms with E-state index < -0.39 is 61.5 Å². The first-order chi connectivity index (χ1) is 31.7. The van der Waals surface area contributed by atoms with Crippen molar-refractivity contribution in [3.63, 3.8) is 0 Å². The minimum atomic E-state index is -1.40. The number of aliphatic hydroxyl groups excluding tert-OH is 5. The fourth-order valence-electron chi connectivity index (χ4n) is 10.2. The van der Waals surface area contributed by atoms with Gasteiger partial charge in [0, 0.05) is 0 Å². The van der Waals surface area contributed by atoms with Gasteiger partial charge >= 0.3 is 0 Å². The van der Waals surface area contributed by atoms with E-state index in [1.807, 2.05) is 0 Å². The first kappa shape index (κ1) is 57.9. The first-order valence-corrected chi connectivity index (χ1v) is 27.5. The highest BCUT2D eigenvalue weighted by atomic mass is 16.7. The maximum atomic E-state index is 13.3. The summed E-state index contributed by atoms with van der Waals surface area (Å²) in [7, 11) is 0. The van der Waals surface area contributed by atoms with Gasteiger partial charge in [-0.3, -0.25) is 4.79 Å². The molecule has 1 saturated heterocycles. The molecule has 1 aliphatic heterocycles. The molecule has 2 saturated carbocycles. The van der Waals surface area contributed by atoms with Gasteiger partial charge in [-0.2, -0.15) is 0 Å². The monoisotopic (exact) mass is 920 g/mol. The van der Waals surface area contributed by atoms with Crippen LogP contribution in [0.1, 0.15) is 226 Å². The molecular formula is C55H101NO9. The lowest BCUT2D eigenvalue weighted by Crippen LogP contribution is -2.61. The third-order valence-corrected chi connectivity index (χ3v) is 14.8. The summed E-state index contributed by atoms with van der Waals surface area (Å²) in [6, 6.07) is -0.868. The second-order valence-electron chi connectivity index (χ2n) is 20.5.